The third kappa shape index (κ3) is 2.32. The average molecular weight is 266 g/mol. The summed E-state index contributed by atoms with van der Waals surface area (Å²) in [6.45, 7) is 0. The molecule has 0 bridgehead atoms. The van der Waals surface area contributed by atoms with E-state index in [2.05, 4.69) is 15.2 Å². The minimum atomic E-state index is 0.521. The summed E-state index contributed by atoms with van der Waals surface area (Å²) in [4.78, 5) is 5.64. The quantitative estimate of drug-likeness (QED) is 0.905. The second-order valence-corrected chi connectivity index (χ2v) is 6.41. The molecule has 2 heterocycles. The molecule has 0 saturated heterocycles. The summed E-state index contributed by atoms with van der Waals surface area (Å²) in [5, 5.41) is 10.6. The van der Waals surface area contributed by atoms with E-state index >= 15 is 0 Å². The minimum Gasteiger partial charge on any atom is -0.374 e. The van der Waals surface area contributed by atoms with Crippen molar-refractivity contribution in [3.8, 4) is 9.88 Å². The van der Waals surface area contributed by atoms with Crippen LogP contribution in [0.1, 0.15) is 43.0 Å². The molecule has 0 atom stereocenters. The summed E-state index contributed by atoms with van der Waals surface area (Å²) in [6.07, 6.45) is 8.53. The predicted octanol–water partition coefficient (Wildman–Crippen LogP) is 3.29. The summed E-state index contributed by atoms with van der Waals surface area (Å²) in [6, 6.07) is 0. The van der Waals surface area contributed by atoms with Crippen LogP contribution in [0.3, 0.4) is 0 Å². The maximum absolute atomic E-state index is 5.59. The fourth-order valence-corrected chi connectivity index (χ4v) is 3.99. The molecule has 2 aromatic heterocycles. The minimum absolute atomic E-state index is 0.521. The molecule has 1 fully saturated rings. The van der Waals surface area contributed by atoms with Gasteiger partial charge in [-0.1, -0.05) is 30.6 Å². The molecule has 90 valence electrons. The zero-order valence-corrected chi connectivity index (χ0v) is 11.1. The molecular formula is C11H14N4S2. The Morgan fingerprint density at radius 1 is 1.12 bits per heavy atom. The number of nitrogens with two attached hydrogens (primary N) is 1. The second-order valence-electron chi connectivity index (χ2n) is 4.34. The van der Waals surface area contributed by atoms with Gasteiger partial charge in [-0.2, -0.15) is 0 Å². The SMILES string of the molecule is Nc1nnc(-c2cnc(C3CCCCC3)s2)s1. The topological polar surface area (TPSA) is 64.7 Å². The molecule has 0 aliphatic heterocycles. The van der Waals surface area contributed by atoms with Crippen molar-refractivity contribution in [3.05, 3.63) is 11.2 Å². The van der Waals surface area contributed by atoms with Crippen molar-refractivity contribution < 1.29 is 0 Å². The van der Waals surface area contributed by atoms with Crippen molar-refractivity contribution in [2.24, 2.45) is 0 Å². The van der Waals surface area contributed by atoms with Crippen molar-refractivity contribution in [2.75, 3.05) is 5.73 Å². The summed E-state index contributed by atoms with van der Waals surface area (Å²) in [7, 11) is 0. The standard InChI is InChI=1S/C11H14N4S2/c12-11-15-14-10(17-11)8-6-13-9(16-8)7-4-2-1-3-5-7/h6-7H,1-5H2,(H2,12,15). The van der Waals surface area contributed by atoms with Crippen LogP contribution in [0.4, 0.5) is 5.13 Å². The Kier molecular flexibility index (Phi) is 3.07. The van der Waals surface area contributed by atoms with Gasteiger partial charge >= 0.3 is 0 Å². The van der Waals surface area contributed by atoms with Crippen LogP contribution >= 0.6 is 22.7 Å². The largest absolute Gasteiger partial charge is 0.374 e. The Morgan fingerprint density at radius 3 is 2.65 bits per heavy atom. The molecule has 2 N–H and O–H groups in total. The molecule has 0 amide bonds. The van der Waals surface area contributed by atoms with E-state index in [1.165, 1.54) is 48.4 Å². The van der Waals surface area contributed by atoms with Crippen LogP contribution in [0, 0.1) is 0 Å². The molecule has 17 heavy (non-hydrogen) atoms. The van der Waals surface area contributed by atoms with E-state index in [9.17, 15) is 0 Å². The lowest BCUT2D eigenvalue weighted by Crippen LogP contribution is -2.03. The monoisotopic (exact) mass is 266 g/mol. The fourth-order valence-electron chi connectivity index (χ4n) is 2.26. The van der Waals surface area contributed by atoms with Crippen LogP contribution in [-0.4, -0.2) is 15.2 Å². The molecule has 4 nitrogen and oxygen atoms in total. The van der Waals surface area contributed by atoms with Gasteiger partial charge in [0.25, 0.3) is 0 Å². The predicted molar refractivity (Wildman–Crippen MR) is 71.3 cm³/mol. The van der Waals surface area contributed by atoms with Gasteiger partial charge in [0.15, 0.2) is 5.01 Å². The van der Waals surface area contributed by atoms with Crippen LogP contribution in [0.25, 0.3) is 9.88 Å². The number of rotatable bonds is 2. The maximum atomic E-state index is 5.59. The first kappa shape index (κ1) is 11.1. The van der Waals surface area contributed by atoms with Gasteiger partial charge in [-0.15, -0.1) is 21.5 Å². The first-order chi connectivity index (χ1) is 8.33. The van der Waals surface area contributed by atoms with Crippen LogP contribution < -0.4 is 5.73 Å². The molecule has 1 saturated carbocycles. The fraction of sp³-hybridized carbons (Fsp3) is 0.545. The molecule has 0 radical (unpaired) electrons. The summed E-state index contributed by atoms with van der Waals surface area (Å²) in [5.41, 5.74) is 5.59. The normalized spacial score (nSPS) is 17.4. The van der Waals surface area contributed by atoms with Gasteiger partial charge < -0.3 is 5.73 Å². The van der Waals surface area contributed by atoms with Gasteiger partial charge in [0, 0.05) is 12.1 Å². The Balaban J connectivity index is 1.82. The number of nitrogens with zero attached hydrogens (tertiary/aromatic N) is 3. The number of aromatic nitrogens is 3. The molecule has 2 aromatic rings. The van der Waals surface area contributed by atoms with Crippen LogP contribution in [0.5, 0.6) is 0 Å². The molecule has 1 aliphatic carbocycles. The summed E-state index contributed by atoms with van der Waals surface area (Å²) < 4.78 is 0. The van der Waals surface area contributed by atoms with Crippen molar-refractivity contribution in [2.45, 2.75) is 38.0 Å². The molecular weight excluding hydrogens is 252 g/mol. The first-order valence-electron chi connectivity index (χ1n) is 5.88. The van der Waals surface area contributed by atoms with Crippen molar-refractivity contribution in [3.63, 3.8) is 0 Å². The molecule has 0 unspecified atom stereocenters. The van der Waals surface area contributed by atoms with E-state index in [1.54, 1.807) is 11.3 Å². The molecule has 0 spiro atoms. The number of thiazole rings is 1. The lowest BCUT2D eigenvalue weighted by molar-refractivity contribution is 0.442. The zero-order chi connectivity index (χ0) is 11.7. The van der Waals surface area contributed by atoms with E-state index in [-0.39, 0.29) is 0 Å². The molecule has 1 aliphatic rings. The second kappa shape index (κ2) is 4.70. The number of hydrogen-bond acceptors (Lipinski definition) is 6. The van der Waals surface area contributed by atoms with Gasteiger partial charge in [-0.3, -0.25) is 0 Å². The van der Waals surface area contributed by atoms with Crippen molar-refractivity contribution in [1.82, 2.24) is 15.2 Å². The van der Waals surface area contributed by atoms with Crippen molar-refractivity contribution in [1.29, 1.82) is 0 Å². The number of anilines is 1. The van der Waals surface area contributed by atoms with E-state index in [0.717, 1.165) is 9.88 Å². The molecule has 0 aromatic carbocycles. The Morgan fingerprint density at radius 2 is 1.94 bits per heavy atom. The number of hydrogen-bond donors (Lipinski definition) is 1. The lowest BCUT2D eigenvalue weighted by Gasteiger charge is -2.18. The van der Waals surface area contributed by atoms with Crippen molar-refractivity contribution >= 4 is 27.8 Å². The summed E-state index contributed by atoms with van der Waals surface area (Å²) in [5.74, 6) is 0.660. The number of nitrogen functional groups attached to an aromatic ring is 1. The van der Waals surface area contributed by atoms with Crippen LogP contribution in [-0.2, 0) is 0 Å². The van der Waals surface area contributed by atoms with Gasteiger partial charge in [-0.25, -0.2) is 4.98 Å². The summed E-state index contributed by atoms with van der Waals surface area (Å²) >= 11 is 3.17. The maximum Gasteiger partial charge on any atom is 0.203 e. The lowest BCUT2D eigenvalue weighted by atomic mass is 9.90. The highest BCUT2D eigenvalue weighted by Gasteiger charge is 2.19. The van der Waals surface area contributed by atoms with Crippen LogP contribution in [0.15, 0.2) is 6.20 Å². The Labute approximate surface area is 108 Å². The van der Waals surface area contributed by atoms with E-state index in [4.69, 9.17) is 5.73 Å². The highest BCUT2D eigenvalue weighted by atomic mass is 32.1. The van der Waals surface area contributed by atoms with Gasteiger partial charge in [0.1, 0.15) is 0 Å². The third-order valence-electron chi connectivity index (χ3n) is 3.13. The molecule has 3 rings (SSSR count). The van der Waals surface area contributed by atoms with E-state index in [1.807, 2.05) is 6.20 Å². The molecule has 6 heteroatoms. The first-order valence-corrected chi connectivity index (χ1v) is 7.51. The van der Waals surface area contributed by atoms with Gasteiger partial charge in [-0.05, 0) is 12.8 Å². The Bertz CT molecular complexity index is 499. The van der Waals surface area contributed by atoms with Gasteiger partial charge in [0.2, 0.25) is 5.13 Å². The highest BCUT2D eigenvalue weighted by molar-refractivity contribution is 7.23. The van der Waals surface area contributed by atoms with E-state index in [0.29, 0.717) is 11.0 Å². The van der Waals surface area contributed by atoms with Crippen LogP contribution in [0.2, 0.25) is 0 Å². The average Bonchev–Trinajstić information content (AvgIpc) is 2.98. The van der Waals surface area contributed by atoms with Gasteiger partial charge in [0.05, 0.1) is 9.88 Å². The third-order valence-corrected chi connectivity index (χ3v) is 5.21. The van der Waals surface area contributed by atoms with E-state index < -0.39 is 0 Å². The smallest absolute Gasteiger partial charge is 0.203 e. The Hall–Kier alpha value is -1.01. The zero-order valence-electron chi connectivity index (χ0n) is 9.43. The highest BCUT2D eigenvalue weighted by Crippen LogP contribution is 2.38.